The van der Waals surface area contributed by atoms with Gasteiger partial charge >= 0.3 is 0 Å². The van der Waals surface area contributed by atoms with Crippen molar-refractivity contribution in [3.05, 3.63) is 83.9 Å². The molecule has 2 amide bonds. The predicted octanol–water partition coefficient (Wildman–Crippen LogP) is 4.28. The number of amidine groups is 2. The number of ether oxygens (including phenoxy) is 2. The lowest BCUT2D eigenvalue weighted by molar-refractivity contribution is -0.124. The summed E-state index contributed by atoms with van der Waals surface area (Å²) in [4.78, 5) is 37.3. The lowest BCUT2D eigenvalue weighted by Crippen LogP contribution is -2.41. The smallest absolute Gasteiger partial charge is 0.259 e. The van der Waals surface area contributed by atoms with Crippen molar-refractivity contribution in [2.45, 2.75) is 12.5 Å². The number of nitrogens with one attached hydrogen (secondary N) is 1. The Hall–Kier alpha value is -4.11. The molecule has 2 heterocycles. The Kier molecular flexibility index (Phi) is 6.73. The molecule has 3 aromatic rings. The van der Waals surface area contributed by atoms with E-state index >= 15 is 0 Å². The molecular formula is C27H24N4O4S. The van der Waals surface area contributed by atoms with Crippen LogP contribution < -0.4 is 14.8 Å². The van der Waals surface area contributed by atoms with E-state index in [-0.39, 0.29) is 17.6 Å². The second-order valence-electron chi connectivity index (χ2n) is 8.15. The largest absolute Gasteiger partial charge is 0.497 e. The number of para-hydroxylation sites is 1. The van der Waals surface area contributed by atoms with Gasteiger partial charge in [0.15, 0.2) is 5.17 Å². The van der Waals surface area contributed by atoms with Crippen molar-refractivity contribution in [2.75, 3.05) is 25.3 Å². The third-order valence-electron chi connectivity index (χ3n) is 5.83. The van der Waals surface area contributed by atoms with Crippen LogP contribution in [0.5, 0.6) is 11.5 Å². The van der Waals surface area contributed by atoms with E-state index in [1.165, 1.54) is 18.9 Å². The van der Waals surface area contributed by atoms with Gasteiger partial charge in [-0.3, -0.25) is 14.6 Å². The van der Waals surface area contributed by atoms with Gasteiger partial charge in [0.1, 0.15) is 23.4 Å². The molecule has 1 N–H and O–H groups in total. The molecule has 182 valence electrons. The number of thioether (sulfide) groups is 1. The maximum absolute atomic E-state index is 13.4. The Labute approximate surface area is 213 Å². The molecule has 0 bridgehead atoms. The fourth-order valence-electron chi connectivity index (χ4n) is 4.09. The van der Waals surface area contributed by atoms with Gasteiger partial charge in [-0.2, -0.15) is 0 Å². The maximum Gasteiger partial charge on any atom is 0.259 e. The summed E-state index contributed by atoms with van der Waals surface area (Å²) in [7, 11) is 3.09. The summed E-state index contributed by atoms with van der Waals surface area (Å²) in [5.74, 6) is 1.34. The number of anilines is 1. The van der Waals surface area contributed by atoms with Crippen molar-refractivity contribution in [3.8, 4) is 11.5 Å². The normalized spacial score (nSPS) is 16.0. The van der Waals surface area contributed by atoms with Crippen molar-refractivity contribution < 1.29 is 19.1 Å². The zero-order chi connectivity index (χ0) is 25.1. The standard InChI is InChI=1S/C27H24N4O4S/c1-34-18-12-13-21(23(15-18)35-2)28-24(32)16-36-27-30-20-11-7-6-10-19(20)25-29-22(26(33)31(25)27)14-17-8-4-3-5-9-17/h3-13,15,22H,14,16H2,1-2H3,(H,28,32)/t22-/m0/s1. The molecule has 8 nitrogen and oxygen atoms in total. The van der Waals surface area contributed by atoms with Gasteiger partial charge in [-0.1, -0.05) is 54.2 Å². The fourth-order valence-corrected chi connectivity index (χ4v) is 4.89. The summed E-state index contributed by atoms with van der Waals surface area (Å²) in [5.41, 5.74) is 3.09. The van der Waals surface area contributed by atoms with Gasteiger partial charge in [-0.25, -0.2) is 9.89 Å². The summed E-state index contributed by atoms with van der Waals surface area (Å²) < 4.78 is 10.6. The quantitative estimate of drug-likeness (QED) is 0.523. The molecule has 0 fully saturated rings. The number of hydrogen-bond acceptors (Lipinski definition) is 7. The van der Waals surface area contributed by atoms with E-state index in [0.29, 0.717) is 34.6 Å². The van der Waals surface area contributed by atoms with E-state index in [1.54, 1.807) is 30.2 Å². The first-order chi connectivity index (χ1) is 17.6. The van der Waals surface area contributed by atoms with Crippen molar-refractivity contribution in [3.63, 3.8) is 0 Å². The zero-order valence-corrected chi connectivity index (χ0v) is 20.6. The lowest BCUT2D eigenvalue weighted by Gasteiger charge is -2.25. The number of aliphatic imine (C=N–C) groups is 2. The third kappa shape index (κ3) is 4.70. The minimum absolute atomic E-state index is 0.0522. The Morgan fingerprint density at radius 2 is 1.81 bits per heavy atom. The highest BCUT2D eigenvalue weighted by molar-refractivity contribution is 8.14. The number of benzene rings is 3. The monoisotopic (exact) mass is 500 g/mol. The number of hydrogen-bond donors (Lipinski definition) is 1. The summed E-state index contributed by atoms with van der Waals surface area (Å²) in [5, 5.41) is 3.29. The number of fused-ring (bicyclic) bond motifs is 3. The average molecular weight is 501 g/mol. The molecule has 2 aliphatic heterocycles. The summed E-state index contributed by atoms with van der Waals surface area (Å²) >= 11 is 1.19. The molecule has 1 atom stereocenters. The Morgan fingerprint density at radius 3 is 2.58 bits per heavy atom. The van der Waals surface area contributed by atoms with Crippen LogP contribution in [-0.4, -0.2) is 53.7 Å². The summed E-state index contributed by atoms with van der Waals surface area (Å²) in [6.07, 6.45) is 0.498. The van der Waals surface area contributed by atoms with E-state index < -0.39 is 6.04 Å². The maximum atomic E-state index is 13.4. The molecule has 0 aliphatic carbocycles. The van der Waals surface area contributed by atoms with Gasteiger partial charge in [0.2, 0.25) is 5.91 Å². The van der Waals surface area contributed by atoms with Crippen LogP contribution in [0, 0.1) is 0 Å². The SMILES string of the molecule is COc1ccc(NC(=O)CSC2=Nc3ccccc3C3=N[C@@H](Cc4ccccc4)C(=O)N23)c(OC)c1. The molecule has 2 aliphatic rings. The summed E-state index contributed by atoms with van der Waals surface area (Å²) in [6, 6.07) is 22.0. The van der Waals surface area contributed by atoms with Crippen LogP contribution in [-0.2, 0) is 16.0 Å². The topological polar surface area (TPSA) is 92.6 Å². The number of amides is 2. The minimum Gasteiger partial charge on any atom is -0.497 e. The lowest BCUT2D eigenvalue weighted by atomic mass is 10.1. The van der Waals surface area contributed by atoms with Gasteiger partial charge in [-0.15, -0.1) is 0 Å². The molecule has 9 heteroatoms. The van der Waals surface area contributed by atoms with Gasteiger partial charge in [-0.05, 0) is 29.8 Å². The van der Waals surface area contributed by atoms with Crippen molar-refractivity contribution in [1.29, 1.82) is 0 Å². The van der Waals surface area contributed by atoms with E-state index in [0.717, 1.165) is 16.8 Å². The number of carbonyl (C=O) groups is 2. The van der Waals surface area contributed by atoms with Crippen molar-refractivity contribution >= 4 is 46.0 Å². The van der Waals surface area contributed by atoms with Crippen LogP contribution in [0.4, 0.5) is 11.4 Å². The Bertz CT molecular complexity index is 1370. The van der Waals surface area contributed by atoms with Crippen molar-refractivity contribution in [2.24, 2.45) is 9.98 Å². The highest BCUT2D eigenvalue weighted by Gasteiger charge is 2.41. The van der Waals surface area contributed by atoms with Crippen LogP contribution in [0.2, 0.25) is 0 Å². The molecule has 0 radical (unpaired) electrons. The second kappa shape index (κ2) is 10.2. The van der Waals surface area contributed by atoms with Crippen LogP contribution >= 0.6 is 11.8 Å². The van der Waals surface area contributed by atoms with Gasteiger partial charge in [0.05, 0.1) is 31.3 Å². The van der Waals surface area contributed by atoms with E-state index in [1.807, 2.05) is 54.6 Å². The number of nitrogens with zero attached hydrogens (tertiary/aromatic N) is 3. The van der Waals surface area contributed by atoms with Crippen molar-refractivity contribution in [1.82, 2.24) is 4.90 Å². The molecule has 36 heavy (non-hydrogen) atoms. The average Bonchev–Trinajstić information content (AvgIpc) is 3.24. The van der Waals surface area contributed by atoms with Crippen LogP contribution in [0.1, 0.15) is 11.1 Å². The highest BCUT2D eigenvalue weighted by Crippen LogP contribution is 2.34. The first kappa shape index (κ1) is 23.6. The van der Waals surface area contributed by atoms with Gasteiger partial charge in [0.25, 0.3) is 5.91 Å². The molecular weight excluding hydrogens is 476 g/mol. The predicted molar refractivity (Wildman–Crippen MR) is 141 cm³/mol. The van der Waals surface area contributed by atoms with E-state index in [9.17, 15) is 9.59 Å². The van der Waals surface area contributed by atoms with Gasteiger partial charge in [0, 0.05) is 18.1 Å². The van der Waals surface area contributed by atoms with Crippen LogP contribution in [0.15, 0.2) is 82.8 Å². The Morgan fingerprint density at radius 1 is 1.03 bits per heavy atom. The third-order valence-corrected chi connectivity index (χ3v) is 6.77. The van der Waals surface area contributed by atoms with E-state index in [2.05, 4.69) is 5.32 Å². The molecule has 0 spiro atoms. The van der Waals surface area contributed by atoms with Crippen LogP contribution in [0.3, 0.4) is 0 Å². The molecule has 5 rings (SSSR count). The number of rotatable bonds is 7. The highest BCUT2D eigenvalue weighted by atomic mass is 32.2. The van der Waals surface area contributed by atoms with Gasteiger partial charge < -0.3 is 14.8 Å². The molecule has 0 unspecified atom stereocenters. The molecule has 0 saturated heterocycles. The molecule has 3 aromatic carbocycles. The van der Waals surface area contributed by atoms with Crippen LogP contribution in [0.25, 0.3) is 0 Å². The zero-order valence-electron chi connectivity index (χ0n) is 19.8. The first-order valence-corrected chi connectivity index (χ1v) is 12.3. The summed E-state index contributed by atoms with van der Waals surface area (Å²) in [6.45, 7) is 0. The molecule has 0 aromatic heterocycles. The first-order valence-electron chi connectivity index (χ1n) is 11.4. The Balaban J connectivity index is 1.35. The number of methoxy groups -OCH3 is 2. The molecule has 0 saturated carbocycles. The minimum atomic E-state index is -0.545. The number of carbonyl (C=O) groups excluding carboxylic acids is 2. The second-order valence-corrected chi connectivity index (χ2v) is 9.09. The fraction of sp³-hybridized carbons (Fsp3) is 0.185. The van der Waals surface area contributed by atoms with E-state index in [4.69, 9.17) is 19.5 Å².